The topological polar surface area (TPSA) is 38.8 Å². The predicted octanol–water partition coefficient (Wildman–Crippen LogP) is 4.64. The normalized spacial score (nSPS) is 15.7. The van der Waals surface area contributed by atoms with E-state index in [9.17, 15) is 9.18 Å². The third-order valence-electron chi connectivity index (χ3n) is 3.68. The van der Waals surface area contributed by atoms with Crippen molar-refractivity contribution >= 4 is 46.0 Å². The molecule has 1 aliphatic rings. The summed E-state index contributed by atoms with van der Waals surface area (Å²) >= 11 is 6.52. The minimum absolute atomic E-state index is 0.254. The number of hydrogen-bond acceptors (Lipinski definition) is 5. The molecule has 0 aliphatic carbocycles. The third-order valence-corrected chi connectivity index (χ3v) is 4.98. The van der Waals surface area contributed by atoms with Gasteiger partial charge in [0.25, 0.3) is 5.91 Å². The molecule has 2 aromatic carbocycles. The lowest BCUT2D eigenvalue weighted by Crippen LogP contribution is -2.27. The molecule has 0 saturated carbocycles. The van der Waals surface area contributed by atoms with E-state index in [1.807, 2.05) is 25.1 Å². The number of benzene rings is 2. The minimum Gasteiger partial charge on any atom is -0.492 e. The Morgan fingerprint density at radius 3 is 2.62 bits per heavy atom. The second-order valence-corrected chi connectivity index (χ2v) is 6.98. The lowest BCUT2D eigenvalue weighted by Gasteiger charge is -2.14. The smallest absolute Gasteiger partial charge is 0.270 e. The summed E-state index contributed by atoms with van der Waals surface area (Å²) in [7, 11) is 1.55. The Hall–Kier alpha value is -2.38. The van der Waals surface area contributed by atoms with Crippen LogP contribution < -0.4 is 14.4 Å². The molecule has 0 unspecified atom stereocenters. The van der Waals surface area contributed by atoms with Gasteiger partial charge in [0.1, 0.15) is 5.82 Å². The number of carbonyl (C=O) groups excluding carboxylic acids is 1. The maximum absolute atomic E-state index is 13.1. The van der Waals surface area contributed by atoms with E-state index < -0.39 is 0 Å². The number of halogens is 1. The molecule has 0 spiro atoms. The highest BCUT2D eigenvalue weighted by molar-refractivity contribution is 8.27. The van der Waals surface area contributed by atoms with Gasteiger partial charge in [-0.2, -0.15) is 0 Å². The van der Waals surface area contributed by atoms with Gasteiger partial charge in [-0.15, -0.1) is 0 Å². The second-order valence-electron chi connectivity index (χ2n) is 5.31. The molecule has 3 rings (SSSR count). The molecule has 1 heterocycles. The van der Waals surface area contributed by atoms with Gasteiger partial charge in [0.05, 0.1) is 24.3 Å². The quantitative estimate of drug-likeness (QED) is 0.550. The van der Waals surface area contributed by atoms with E-state index in [0.717, 1.165) is 5.56 Å². The Morgan fingerprint density at radius 2 is 1.96 bits per heavy atom. The van der Waals surface area contributed by atoms with Crippen LogP contribution in [0.1, 0.15) is 12.5 Å². The van der Waals surface area contributed by atoms with Gasteiger partial charge in [-0.05, 0) is 43.3 Å². The molecular weight excluding hydrogens is 373 g/mol. The van der Waals surface area contributed by atoms with Crippen LogP contribution in [-0.4, -0.2) is 23.9 Å². The van der Waals surface area contributed by atoms with Gasteiger partial charge < -0.3 is 9.47 Å². The van der Waals surface area contributed by atoms with Crippen LogP contribution in [-0.2, 0) is 4.79 Å². The molecule has 134 valence electrons. The number of anilines is 1. The Bertz CT molecular complexity index is 881. The fourth-order valence-corrected chi connectivity index (χ4v) is 3.85. The maximum atomic E-state index is 13.1. The molecule has 26 heavy (non-hydrogen) atoms. The zero-order valence-electron chi connectivity index (χ0n) is 14.2. The van der Waals surface area contributed by atoms with Crippen LogP contribution in [0.15, 0.2) is 47.4 Å². The molecular formula is C19H16FNO3S2. The molecule has 0 radical (unpaired) electrons. The molecule has 4 nitrogen and oxygen atoms in total. The van der Waals surface area contributed by atoms with Gasteiger partial charge in [-0.25, -0.2) is 4.39 Å². The summed E-state index contributed by atoms with van der Waals surface area (Å²) < 4.78 is 24.5. The van der Waals surface area contributed by atoms with Crippen molar-refractivity contribution in [3.63, 3.8) is 0 Å². The average molecular weight is 389 g/mol. The van der Waals surface area contributed by atoms with E-state index in [4.69, 9.17) is 21.7 Å². The molecule has 0 atom stereocenters. The first kappa shape index (κ1) is 18.4. The molecule has 1 saturated heterocycles. The number of hydrogen-bond donors (Lipinski definition) is 0. The van der Waals surface area contributed by atoms with Crippen molar-refractivity contribution in [1.29, 1.82) is 0 Å². The van der Waals surface area contributed by atoms with Gasteiger partial charge >= 0.3 is 0 Å². The zero-order chi connectivity index (χ0) is 18.7. The summed E-state index contributed by atoms with van der Waals surface area (Å²) in [5.41, 5.74) is 1.25. The number of nitrogens with zero attached hydrogens (tertiary/aromatic N) is 1. The molecule has 1 amide bonds. The van der Waals surface area contributed by atoms with Gasteiger partial charge in [0.15, 0.2) is 15.8 Å². The molecule has 1 fully saturated rings. The lowest BCUT2D eigenvalue weighted by molar-refractivity contribution is -0.113. The highest BCUT2D eigenvalue weighted by Gasteiger charge is 2.33. The van der Waals surface area contributed by atoms with Gasteiger partial charge in [-0.1, -0.05) is 36.1 Å². The van der Waals surface area contributed by atoms with E-state index in [2.05, 4.69) is 0 Å². The van der Waals surface area contributed by atoms with Crippen molar-refractivity contribution in [3.8, 4) is 11.5 Å². The molecule has 0 bridgehead atoms. The molecule has 0 aromatic heterocycles. The van der Waals surface area contributed by atoms with Crippen molar-refractivity contribution < 1.29 is 18.7 Å². The van der Waals surface area contributed by atoms with Crippen LogP contribution in [0.25, 0.3) is 6.08 Å². The number of para-hydroxylation sites is 1. The van der Waals surface area contributed by atoms with Crippen molar-refractivity contribution in [2.75, 3.05) is 18.6 Å². The number of ether oxygens (including phenoxy) is 2. The van der Waals surface area contributed by atoms with Crippen LogP contribution in [0, 0.1) is 5.82 Å². The molecule has 7 heteroatoms. The summed E-state index contributed by atoms with van der Waals surface area (Å²) in [5, 5.41) is 0. The van der Waals surface area contributed by atoms with Crippen LogP contribution >= 0.6 is 24.0 Å². The second kappa shape index (κ2) is 7.88. The van der Waals surface area contributed by atoms with E-state index in [0.29, 0.717) is 33.0 Å². The highest BCUT2D eigenvalue weighted by atomic mass is 32.2. The molecule has 1 aliphatic heterocycles. The van der Waals surface area contributed by atoms with Crippen LogP contribution in [0.3, 0.4) is 0 Å². The number of carbonyl (C=O) groups is 1. The molecule has 2 aromatic rings. The number of amides is 1. The van der Waals surface area contributed by atoms with Gasteiger partial charge in [-0.3, -0.25) is 9.69 Å². The largest absolute Gasteiger partial charge is 0.492 e. The number of rotatable bonds is 5. The van der Waals surface area contributed by atoms with Crippen LogP contribution in [0.5, 0.6) is 11.5 Å². The molecule has 0 N–H and O–H groups in total. The summed E-state index contributed by atoms with van der Waals surface area (Å²) in [6.07, 6.45) is 1.73. The van der Waals surface area contributed by atoms with Crippen molar-refractivity contribution in [3.05, 3.63) is 58.8 Å². The Balaban J connectivity index is 1.96. The predicted molar refractivity (Wildman–Crippen MR) is 106 cm³/mol. The van der Waals surface area contributed by atoms with E-state index in [1.54, 1.807) is 13.2 Å². The Morgan fingerprint density at radius 1 is 1.23 bits per heavy atom. The van der Waals surface area contributed by atoms with Crippen LogP contribution in [0.4, 0.5) is 10.1 Å². The SMILES string of the molecule is CCOc1cccc(/C=C2\SC(=S)N(c3ccc(F)cc3)C2=O)c1OC. The summed E-state index contributed by atoms with van der Waals surface area (Å²) in [5.74, 6) is 0.543. The van der Waals surface area contributed by atoms with Crippen LogP contribution in [0.2, 0.25) is 0 Å². The average Bonchev–Trinajstić information content (AvgIpc) is 2.90. The highest BCUT2D eigenvalue weighted by Crippen LogP contribution is 2.39. The maximum Gasteiger partial charge on any atom is 0.270 e. The first-order valence-electron chi connectivity index (χ1n) is 7.88. The fourth-order valence-electron chi connectivity index (χ4n) is 2.56. The number of methoxy groups -OCH3 is 1. The Kier molecular flexibility index (Phi) is 5.58. The summed E-state index contributed by atoms with van der Waals surface area (Å²) in [6.45, 7) is 2.40. The van der Waals surface area contributed by atoms with E-state index in [-0.39, 0.29) is 11.7 Å². The lowest BCUT2D eigenvalue weighted by atomic mass is 10.1. The third kappa shape index (κ3) is 3.59. The van der Waals surface area contributed by atoms with Crippen molar-refractivity contribution in [2.45, 2.75) is 6.92 Å². The first-order valence-corrected chi connectivity index (χ1v) is 9.11. The monoisotopic (exact) mass is 389 g/mol. The van der Waals surface area contributed by atoms with Gasteiger partial charge in [0.2, 0.25) is 0 Å². The minimum atomic E-state index is -0.368. The zero-order valence-corrected chi connectivity index (χ0v) is 15.8. The van der Waals surface area contributed by atoms with E-state index >= 15 is 0 Å². The van der Waals surface area contributed by atoms with Crippen molar-refractivity contribution in [1.82, 2.24) is 0 Å². The number of thiocarbonyl (C=S) groups is 1. The van der Waals surface area contributed by atoms with Crippen molar-refractivity contribution in [2.24, 2.45) is 0 Å². The first-order chi connectivity index (χ1) is 12.5. The summed E-state index contributed by atoms with van der Waals surface area (Å²) in [6, 6.07) is 11.1. The fraction of sp³-hybridized carbons (Fsp3) is 0.158. The summed E-state index contributed by atoms with van der Waals surface area (Å²) in [4.78, 5) is 14.7. The van der Waals surface area contributed by atoms with Gasteiger partial charge in [0, 0.05) is 5.56 Å². The standard InChI is InChI=1S/C19H16FNO3S2/c1-3-24-15-6-4-5-12(17(15)23-2)11-16-18(22)21(19(25)26-16)14-9-7-13(20)8-10-14/h4-11H,3H2,1-2H3/b16-11-. The van der Waals surface area contributed by atoms with E-state index in [1.165, 1.54) is 40.9 Å². The Labute approximate surface area is 160 Å². The number of thioether (sulfide) groups is 1.